The molecule has 2 rings (SSSR count). The fraction of sp³-hybridized carbons (Fsp3) is 0.611. The van der Waals surface area contributed by atoms with Gasteiger partial charge in [0.05, 0.1) is 0 Å². The van der Waals surface area contributed by atoms with E-state index in [1.165, 1.54) is 0 Å². The third-order valence-corrected chi connectivity index (χ3v) is 4.37. The summed E-state index contributed by atoms with van der Waals surface area (Å²) in [4.78, 5) is 13.9. The van der Waals surface area contributed by atoms with Gasteiger partial charge in [0.1, 0.15) is 5.75 Å². The molecule has 1 saturated heterocycles. The van der Waals surface area contributed by atoms with Crippen LogP contribution >= 0.6 is 0 Å². The molecule has 1 aromatic carbocycles. The van der Waals surface area contributed by atoms with Crippen molar-refractivity contribution in [3.05, 3.63) is 29.8 Å². The lowest BCUT2D eigenvalue weighted by Gasteiger charge is -2.36. The van der Waals surface area contributed by atoms with E-state index in [1.807, 2.05) is 0 Å². The average Bonchev–Trinajstić information content (AvgIpc) is 2.60. The van der Waals surface area contributed by atoms with E-state index in [2.05, 4.69) is 10.2 Å². The van der Waals surface area contributed by atoms with Crippen LogP contribution in [-0.4, -0.2) is 49.3 Å². The molecule has 3 N–H and O–H groups in total. The van der Waals surface area contributed by atoms with Gasteiger partial charge in [0.2, 0.25) is 5.91 Å². The minimum atomic E-state index is -4.34. The molecule has 26 heavy (non-hydrogen) atoms. The van der Waals surface area contributed by atoms with Gasteiger partial charge in [-0.3, -0.25) is 9.69 Å². The maximum atomic E-state index is 12.2. The Bertz CT molecular complexity index is 564. The Labute approximate surface area is 151 Å². The predicted octanol–water partition coefficient (Wildman–Crippen LogP) is 2.45. The summed E-state index contributed by atoms with van der Waals surface area (Å²) in [6.45, 7) is 1.26. The Kier molecular flexibility index (Phi) is 7.71. The number of hydrogen-bond donors (Lipinski definition) is 2. The van der Waals surface area contributed by atoms with Gasteiger partial charge in [-0.15, -0.1) is 0 Å². The second-order valence-corrected chi connectivity index (χ2v) is 6.51. The summed E-state index contributed by atoms with van der Waals surface area (Å²) in [5.74, 6) is 0.166. The number of ether oxygens (including phenoxy) is 1. The van der Waals surface area contributed by atoms with Gasteiger partial charge in [0, 0.05) is 32.1 Å². The summed E-state index contributed by atoms with van der Waals surface area (Å²) in [7, 11) is 0. The SMILES string of the molecule is NCCC(=O)NCC1CCCCN1Cc1ccc(OCC(F)(F)F)cc1. The summed E-state index contributed by atoms with van der Waals surface area (Å²) in [5.41, 5.74) is 6.39. The topological polar surface area (TPSA) is 67.6 Å². The molecule has 1 aliphatic rings. The van der Waals surface area contributed by atoms with Gasteiger partial charge in [-0.1, -0.05) is 18.6 Å². The summed E-state index contributed by atoms with van der Waals surface area (Å²) in [6, 6.07) is 6.94. The van der Waals surface area contributed by atoms with E-state index in [0.717, 1.165) is 31.4 Å². The number of amides is 1. The minimum Gasteiger partial charge on any atom is -0.484 e. The molecule has 1 unspecified atom stereocenters. The molecule has 1 atom stereocenters. The number of nitrogens with two attached hydrogens (primary N) is 1. The number of carbonyl (C=O) groups excluding carboxylic acids is 1. The molecule has 0 saturated carbocycles. The van der Waals surface area contributed by atoms with E-state index < -0.39 is 12.8 Å². The smallest absolute Gasteiger partial charge is 0.422 e. The zero-order valence-electron chi connectivity index (χ0n) is 14.7. The molecule has 0 aromatic heterocycles. The lowest BCUT2D eigenvalue weighted by molar-refractivity contribution is -0.153. The molecule has 1 aromatic rings. The van der Waals surface area contributed by atoms with E-state index in [-0.39, 0.29) is 17.7 Å². The highest BCUT2D eigenvalue weighted by Crippen LogP contribution is 2.22. The number of rotatable bonds is 8. The Morgan fingerprint density at radius 1 is 1.27 bits per heavy atom. The largest absolute Gasteiger partial charge is 0.484 e. The maximum absolute atomic E-state index is 12.2. The monoisotopic (exact) mass is 373 g/mol. The number of alkyl halides is 3. The summed E-state index contributed by atoms with van der Waals surface area (Å²) < 4.78 is 41.3. The Hall–Kier alpha value is -1.80. The van der Waals surface area contributed by atoms with Gasteiger partial charge in [-0.25, -0.2) is 0 Å². The summed E-state index contributed by atoms with van der Waals surface area (Å²) in [6.07, 6.45) is -0.784. The standard InChI is InChI=1S/C18H26F3N3O2/c19-18(20,21)13-26-16-6-4-14(5-7-16)12-24-10-2-1-3-15(24)11-23-17(25)8-9-22/h4-7,15H,1-3,8-13,22H2,(H,23,25). The van der Waals surface area contributed by atoms with E-state index in [4.69, 9.17) is 10.5 Å². The first-order valence-electron chi connectivity index (χ1n) is 8.86. The highest BCUT2D eigenvalue weighted by molar-refractivity contribution is 5.76. The number of piperidine rings is 1. The second kappa shape index (κ2) is 9.78. The molecule has 1 aliphatic heterocycles. The lowest BCUT2D eigenvalue weighted by Crippen LogP contribution is -2.46. The van der Waals surface area contributed by atoms with E-state index >= 15 is 0 Å². The van der Waals surface area contributed by atoms with Crippen molar-refractivity contribution in [3.63, 3.8) is 0 Å². The second-order valence-electron chi connectivity index (χ2n) is 6.51. The van der Waals surface area contributed by atoms with Crippen LogP contribution in [0.1, 0.15) is 31.2 Å². The third-order valence-electron chi connectivity index (χ3n) is 4.37. The van der Waals surface area contributed by atoms with Crippen LogP contribution in [0.5, 0.6) is 5.75 Å². The van der Waals surface area contributed by atoms with Crippen molar-refractivity contribution < 1.29 is 22.7 Å². The molecule has 1 fully saturated rings. The summed E-state index contributed by atoms with van der Waals surface area (Å²) in [5, 5.41) is 2.92. The Balaban J connectivity index is 1.87. The maximum Gasteiger partial charge on any atom is 0.422 e. The molecule has 0 radical (unpaired) electrons. The van der Waals surface area contributed by atoms with Crippen molar-refractivity contribution in [2.45, 2.75) is 44.4 Å². The average molecular weight is 373 g/mol. The van der Waals surface area contributed by atoms with Crippen molar-refractivity contribution >= 4 is 5.91 Å². The van der Waals surface area contributed by atoms with Crippen LogP contribution < -0.4 is 15.8 Å². The normalized spacial score (nSPS) is 18.5. The van der Waals surface area contributed by atoms with Gasteiger partial charge in [0.15, 0.2) is 6.61 Å². The van der Waals surface area contributed by atoms with Crippen LogP contribution in [0.25, 0.3) is 0 Å². The highest BCUT2D eigenvalue weighted by Gasteiger charge is 2.28. The van der Waals surface area contributed by atoms with Crippen molar-refractivity contribution in [1.82, 2.24) is 10.2 Å². The van der Waals surface area contributed by atoms with Crippen LogP contribution in [0.3, 0.4) is 0 Å². The van der Waals surface area contributed by atoms with Gasteiger partial charge < -0.3 is 15.8 Å². The van der Waals surface area contributed by atoms with Gasteiger partial charge in [-0.05, 0) is 37.1 Å². The molecule has 146 valence electrons. The molecule has 1 amide bonds. The number of carbonyl (C=O) groups is 1. The van der Waals surface area contributed by atoms with Crippen LogP contribution in [0.4, 0.5) is 13.2 Å². The Morgan fingerprint density at radius 2 is 2.00 bits per heavy atom. The van der Waals surface area contributed by atoms with Gasteiger partial charge >= 0.3 is 6.18 Å². The van der Waals surface area contributed by atoms with Crippen LogP contribution in [0.15, 0.2) is 24.3 Å². The number of benzene rings is 1. The molecular formula is C18H26F3N3O2. The third kappa shape index (κ3) is 7.21. The van der Waals surface area contributed by atoms with Crippen molar-refractivity contribution in [1.29, 1.82) is 0 Å². The zero-order valence-corrected chi connectivity index (χ0v) is 14.7. The molecule has 0 aliphatic carbocycles. The van der Waals surface area contributed by atoms with E-state index in [0.29, 0.717) is 26.1 Å². The number of nitrogens with one attached hydrogen (secondary N) is 1. The van der Waals surface area contributed by atoms with Crippen molar-refractivity contribution in [2.75, 3.05) is 26.2 Å². The molecule has 0 bridgehead atoms. The lowest BCUT2D eigenvalue weighted by atomic mass is 10.0. The minimum absolute atomic E-state index is 0.0378. The fourth-order valence-corrected chi connectivity index (χ4v) is 3.04. The molecule has 1 heterocycles. The van der Waals surface area contributed by atoms with E-state index in [9.17, 15) is 18.0 Å². The van der Waals surface area contributed by atoms with Crippen molar-refractivity contribution in [3.8, 4) is 5.75 Å². The number of likely N-dealkylation sites (tertiary alicyclic amines) is 1. The quantitative estimate of drug-likeness (QED) is 0.735. The van der Waals surface area contributed by atoms with Crippen LogP contribution in [0.2, 0.25) is 0 Å². The molecule has 0 spiro atoms. The van der Waals surface area contributed by atoms with Crippen LogP contribution in [-0.2, 0) is 11.3 Å². The zero-order chi connectivity index (χ0) is 19.0. The van der Waals surface area contributed by atoms with E-state index in [1.54, 1.807) is 24.3 Å². The number of halogens is 3. The fourth-order valence-electron chi connectivity index (χ4n) is 3.04. The molecular weight excluding hydrogens is 347 g/mol. The first-order chi connectivity index (χ1) is 12.4. The molecule has 8 heteroatoms. The first kappa shape index (κ1) is 20.5. The van der Waals surface area contributed by atoms with Crippen molar-refractivity contribution in [2.24, 2.45) is 5.73 Å². The predicted molar refractivity (Wildman–Crippen MR) is 92.7 cm³/mol. The van der Waals surface area contributed by atoms with Crippen LogP contribution in [0, 0.1) is 0 Å². The number of nitrogens with zero attached hydrogens (tertiary/aromatic N) is 1. The van der Waals surface area contributed by atoms with Gasteiger partial charge in [-0.2, -0.15) is 13.2 Å². The highest BCUT2D eigenvalue weighted by atomic mass is 19.4. The first-order valence-corrected chi connectivity index (χ1v) is 8.86. The Morgan fingerprint density at radius 3 is 2.65 bits per heavy atom. The summed E-state index contributed by atoms with van der Waals surface area (Å²) >= 11 is 0. The number of hydrogen-bond acceptors (Lipinski definition) is 4. The molecule has 5 nitrogen and oxygen atoms in total. The van der Waals surface area contributed by atoms with Gasteiger partial charge in [0.25, 0.3) is 0 Å².